The van der Waals surface area contributed by atoms with E-state index in [-0.39, 0.29) is 17.9 Å². The first-order chi connectivity index (χ1) is 13.5. The normalized spacial score (nSPS) is 15.2. The lowest BCUT2D eigenvalue weighted by molar-refractivity contribution is -0.114. The summed E-state index contributed by atoms with van der Waals surface area (Å²) in [6.45, 7) is 1.42. The maximum Gasteiger partial charge on any atom is 0.250 e. The zero-order valence-electron chi connectivity index (χ0n) is 15.3. The minimum absolute atomic E-state index is 0.206. The van der Waals surface area contributed by atoms with Crippen LogP contribution in [0.25, 0.3) is 5.70 Å². The fourth-order valence-corrected chi connectivity index (χ4v) is 3.17. The molecule has 0 spiro atoms. The molecule has 0 bridgehead atoms. The van der Waals surface area contributed by atoms with Gasteiger partial charge in [-0.15, -0.1) is 5.10 Å². The number of nitrogens with zero attached hydrogens (tertiary/aromatic N) is 3. The van der Waals surface area contributed by atoms with Crippen LogP contribution in [0.4, 0.5) is 11.9 Å². The zero-order chi connectivity index (χ0) is 19.7. The number of hydrogen-bond donors (Lipinski definition) is 2. The van der Waals surface area contributed by atoms with Gasteiger partial charge >= 0.3 is 0 Å². The largest absolute Gasteiger partial charge is 0.497 e. The third-order valence-corrected chi connectivity index (χ3v) is 4.62. The topological polar surface area (TPSA) is 81.1 Å². The fourth-order valence-electron chi connectivity index (χ4n) is 3.04. The summed E-state index contributed by atoms with van der Waals surface area (Å²) >= 11 is 6.02. The number of rotatable bonds is 4. The molecule has 7 nitrogen and oxygen atoms in total. The van der Waals surface area contributed by atoms with Crippen molar-refractivity contribution >= 4 is 35.1 Å². The molecule has 1 atom stereocenters. The van der Waals surface area contributed by atoms with Gasteiger partial charge in [0.15, 0.2) is 0 Å². The molecule has 142 valence electrons. The van der Waals surface area contributed by atoms with Crippen LogP contribution < -0.4 is 15.4 Å². The van der Waals surface area contributed by atoms with Crippen molar-refractivity contribution in [3.63, 3.8) is 0 Å². The van der Waals surface area contributed by atoms with Crippen molar-refractivity contribution in [1.82, 2.24) is 14.8 Å². The number of hydrogen-bond acceptors (Lipinski definition) is 5. The molecule has 1 aromatic heterocycles. The molecule has 0 fully saturated rings. The van der Waals surface area contributed by atoms with Crippen LogP contribution >= 0.6 is 11.6 Å². The highest BCUT2D eigenvalue weighted by Crippen LogP contribution is 2.34. The predicted octanol–water partition coefficient (Wildman–Crippen LogP) is 3.95. The van der Waals surface area contributed by atoms with Gasteiger partial charge in [-0.3, -0.25) is 10.1 Å². The molecule has 2 N–H and O–H groups in total. The summed E-state index contributed by atoms with van der Waals surface area (Å²) < 4.78 is 7.00. The Balaban J connectivity index is 1.78. The molecule has 1 amide bonds. The van der Waals surface area contributed by atoms with E-state index in [2.05, 4.69) is 26.8 Å². The van der Waals surface area contributed by atoms with Crippen LogP contribution in [0.2, 0.25) is 5.02 Å². The molecular weight excluding hydrogens is 378 g/mol. The lowest BCUT2D eigenvalue weighted by Gasteiger charge is -2.24. The molecule has 0 aliphatic carbocycles. The lowest BCUT2D eigenvalue weighted by atomic mass is 10.0. The van der Waals surface area contributed by atoms with Gasteiger partial charge in [0, 0.05) is 17.6 Å². The molecule has 1 aliphatic rings. The molecule has 0 saturated heterocycles. The van der Waals surface area contributed by atoms with Crippen LogP contribution in [0.3, 0.4) is 0 Å². The Hall–Kier alpha value is -3.32. The van der Waals surface area contributed by atoms with Gasteiger partial charge in [-0.1, -0.05) is 35.9 Å². The highest BCUT2D eigenvalue weighted by molar-refractivity contribution is 6.30. The molecule has 0 unspecified atom stereocenters. The van der Waals surface area contributed by atoms with Crippen molar-refractivity contribution in [2.45, 2.75) is 13.0 Å². The number of nitrogens with one attached hydrogen (secondary N) is 2. The second kappa shape index (κ2) is 7.36. The van der Waals surface area contributed by atoms with Crippen LogP contribution in [0, 0.1) is 0 Å². The fraction of sp³-hybridized carbons (Fsp3) is 0.150. The van der Waals surface area contributed by atoms with Gasteiger partial charge < -0.3 is 10.1 Å². The summed E-state index contributed by atoms with van der Waals surface area (Å²) in [4.78, 5) is 15.8. The van der Waals surface area contributed by atoms with E-state index in [9.17, 15) is 4.79 Å². The van der Waals surface area contributed by atoms with Crippen molar-refractivity contribution in [3.8, 4) is 5.75 Å². The molecule has 2 aromatic carbocycles. The van der Waals surface area contributed by atoms with E-state index in [1.54, 1.807) is 11.8 Å². The quantitative estimate of drug-likeness (QED) is 0.699. The Labute approximate surface area is 167 Å². The number of methoxy groups -OCH3 is 1. The first-order valence-corrected chi connectivity index (χ1v) is 9.04. The molecule has 8 heteroatoms. The summed E-state index contributed by atoms with van der Waals surface area (Å²) in [5.41, 5.74) is 2.86. The Morgan fingerprint density at radius 2 is 1.89 bits per heavy atom. The minimum Gasteiger partial charge on any atom is -0.497 e. The van der Waals surface area contributed by atoms with Gasteiger partial charge in [-0.2, -0.15) is 4.98 Å². The number of carbonyl (C=O) groups is 1. The van der Waals surface area contributed by atoms with Gasteiger partial charge in [0.2, 0.25) is 11.9 Å². The zero-order valence-corrected chi connectivity index (χ0v) is 16.1. The summed E-state index contributed by atoms with van der Waals surface area (Å²) in [7, 11) is 1.63. The minimum atomic E-state index is -0.227. The highest BCUT2D eigenvalue weighted by Gasteiger charge is 2.25. The van der Waals surface area contributed by atoms with Crippen molar-refractivity contribution < 1.29 is 9.53 Å². The van der Waals surface area contributed by atoms with Gasteiger partial charge in [-0.05, 0) is 41.5 Å². The first-order valence-electron chi connectivity index (χ1n) is 8.66. The number of anilines is 2. The lowest BCUT2D eigenvalue weighted by Crippen LogP contribution is -2.20. The van der Waals surface area contributed by atoms with E-state index >= 15 is 0 Å². The Bertz CT molecular complexity index is 1040. The van der Waals surface area contributed by atoms with Crippen molar-refractivity contribution in [1.29, 1.82) is 0 Å². The van der Waals surface area contributed by atoms with Crippen molar-refractivity contribution in [3.05, 3.63) is 70.8 Å². The monoisotopic (exact) mass is 395 g/mol. The third-order valence-electron chi connectivity index (χ3n) is 4.37. The molecule has 4 rings (SSSR count). The molecule has 28 heavy (non-hydrogen) atoms. The SMILES string of the molecule is COc1ccc([C@@H]2C=C(c3ccc(Cl)cc3)Nc3nc(NC(C)=O)nn32)cc1. The summed E-state index contributed by atoms with van der Waals surface area (Å²) in [6.07, 6.45) is 2.06. The molecule has 1 aliphatic heterocycles. The number of benzene rings is 2. The first kappa shape index (κ1) is 18.1. The Morgan fingerprint density at radius 1 is 1.18 bits per heavy atom. The summed E-state index contributed by atoms with van der Waals surface area (Å²) in [6, 6.07) is 15.1. The number of halogens is 1. The highest BCUT2D eigenvalue weighted by atomic mass is 35.5. The molecular formula is C20H18ClN5O2. The molecule has 0 radical (unpaired) electrons. The molecule has 3 aromatic rings. The van der Waals surface area contributed by atoms with Crippen molar-refractivity contribution in [2.24, 2.45) is 0 Å². The van der Waals surface area contributed by atoms with Gasteiger partial charge in [0.05, 0.1) is 7.11 Å². The second-order valence-electron chi connectivity index (χ2n) is 6.32. The van der Waals surface area contributed by atoms with Crippen LogP contribution in [0.5, 0.6) is 5.75 Å². The maximum absolute atomic E-state index is 11.4. The van der Waals surface area contributed by atoms with Gasteiger partial charge in [0.25, 0.3) is 5.95 Å². The van der Waals surface area contributed by atoms with E-state index in [1.165, 1.54) is 6.92 Å². The van der Waals surface area contributed by atoms with E-state index in [0.29, 0.717) is 11.0 Å². The molecule has 0 saturated carbocycles. The number of ether oxygens (including phenoxy) is 1. The Morgan fingerprint density at radius 3 is 2.54 bits per heavy atom. The number of allylic oxidation sites excluding steroid dienone is 1. The van der Waals surface area contributed by atoms with E-state index in [0.717, 1.165) is 22.6 Å². The van der Waals surface area contributed by atoms with Crippen molar-refractivity contribution in [2.75, 3.05) is 17.7 Å². The third kappa shape index (κ3) is 3.57. The number of carbonyl (C=O) groups excluding carboxylic acids is 1. The second-order valence-corrected chi connectivity index (χ2v) is 6.75. The maximum atomic E-state index is 11.4. The Kier molecular flexibility index (Phi) is 4.75. The van der Waals surface area contributed by atoms with Gasteiger partial charge in [0.1, 0.15) is 11.8 Å². The average molecular weight is 396 g/mol. The van der Waals surface area contributed by atoms with E-state index in [4.69, 9.17) is 16.3 Å². The summed E-state index contributed by atoms with van der Waals surface area (Å²) in [5.74, 6) is 1.34. The average Bonchev–Trinajstić information content (AvgIpc) is 3.09. The van der Waals surface area contributed by atoms with Gasteiger partial charge in [-0.25, -0.2) is 4.68 Å². The number of aromatic nitrogens is 3. The van der Waals surface area contributed by atoms with Crippen LogP contribution in [0.1, 0.15) is 24.1 Å². The van der Waals surface area contributed by atoms with Crippen LogP contribution in [0.15, 0.2) is 54.6 Å². The molecule has 2 heterocycles. The number of fused-ring (bicyclic) bond motifs is 1. The smallest absolute Gasteiger partial charge is 0.250 e. The van der Waals surface area contributed by atoms with Crippen LogP contribution in [-0.2, 0) is 4.79 Å². The van der Waals surface area contributed by atoms with E-state index < -0.39 is 0 Å². The van der Waals surface area contributed by atoms with E-state index in [1.807, 2.05) is 48.5 Å². The predicted molar refractivity (Wildman–Crippen MR) is 109 cm³/mol. The number of amides is 1. The summed E-state index contributed by atoms with van der Waals surface area (Å²) in [5, 5.41) is 11.0. The van der Waals surface area contributed by atoms with Crippen LogP contribution in [-0.4, -0.2) is 27.8 Å². The standard InChI is InChI=1S/C20H18ClN5O2/c1-12(27)22-19-24-20-23-17(13-3-7-15(21)8-4-13)11-18(26(20)25-19)14-5-9-16(28-2)10-6-14/h3-11,18H,1-2H3,(H2,22,23,24,25,27)/t18-/m0/s1.